The molecule has 4 nitrogen and oxygen atoms in total. The first-order chi connectivity index (χ1) is 13.1. The Bertz CT molecular complexity index is 695. The monoisotopic (exact) mass is 406 g/mol. The minimum Gasteiger partial charge on any atom is -0.326 e. The van der Waals surface area contributed by atoms with Gasteiger partial charge in [0.25, 0.3) is 0 Å². The van der Waals surface area contributed by atoms with E-state index in [-0.39, 0.29) is 12.0 Å². The predicted octanol–water partition coefficient (Wildman–Crippen LogP) is 5.53. The van der Waals surface area contributed by atoms with E-state index in [1.807, 2.05) is 0 Å². The number of alkyl halides is 6. The molecule has 0 aromatic heterocycles. The third-order valence-corrected chi connectivity index (χ3v) is 4.54. The molecule has 0 unspecified atom stereocenters. The summed E-state index contributed by atoms with van der Waals surface area (Å²) in [6.45, 7) is 0.304. The van der Waals surface area contributed by atoms with Gasteiger partial charge in [-0.05, 0) is 37.0 Å². The molecule has 0 heterocycles. The molecule has 0 aliphatic heterocycles. The zero-order chi connectivity index (χ0) is 20.8. The number of benzene rings is 1. The summed E-state index contributed by atoms with van der Waals surface area (Å²) in [4.78, 5) is 4.06. The summed E-state index contributed by atoms with van der Waals surface area (Å²) in [7, 11) is 0. The summed E-state index contributed by atoms with van der Waals surface area (Å²) >= 11 is 0. The maximum Gasteiger partial charge on any atom is 0.416 e. The lowest BCUT2D eigenvalue weighted by Crippen LogP contribution is -2.27. The number of anilines is 1. The molecule has 1 aromatic rings. The van der Waals surface area contributed by atoms with E-state index in [1.165, 1.54) is 12.8 Å². The van der Waals surface area contributed by atoms with Crippen LogP contribution in [0.3, 0.4) is 0 Å². The summed E-state index contributed by atoms with van der Waals surface area (Å²) in [6.07, 6.45) is -1.92. The molecule has 10 heteroatoms. The van der Waals surface area contributed by atoms with E-state index < -0.39 is 29.2 Å². The van der Waals surface area contributed by atoms with Crippen LogP contribution in [-0.2, 0) is 12.4 Å². The van der Waals surface area contributed by atoms with Gasteiger partial charge in [0.15, 0.2) is 6.19 Å². The van der Waals surface area contributed by atoms with Crippen LogP contribution in [-0.4, -0.2) is 12.5 Å². The number of nitriles is 1. The average molecular weight is 406 g/mol. The highest BCUT2D eigenvalue weighted by atomic mass is 19.4. The van der Waals surface area contributed by atoms with Crippen molar-refractivity contribution in [2.24, 2.45) is 10.9 Å². The van der Waals surface area contributed by atoms with Crippen molar-refractivity contribution in [3.05, 3.63) is 29.3 Å². The maximum absolute atomic E-state index is 12.9. The normalized spacial score (nSPS) is 16.1. The Morgan fingerprint density at radius 3 is 2.11 bits per heavy atom. The van der Waals surface area contributed by atoms with E-state index in [1.54, 1.807) is 6.19 Å². The molecule has 1 aliphatic carbocycles. The minimum atomic E-state index is -4.95. The molecular formula is C18H20F6N4. The van der Waals surface area contributed by atoms with Gasteiger partial charge in [0.05, 0.1) is 11.1 Å². The lowest BCUT2D eigenvalue weighted by atomic mass is 10.0. The fourth-order valence-electron chi connectivity index (χ4n) is 3.20. The molecule has 0 bridgehead atoms. The number of rotatable bonds is 5. The van der Waals surface area contributed by atoms with Crippen molar-refractivity contribution in [1.29, 1.82) is 5.26 Å². The minimum absolute atomic E-state index is 0.0430. The number of nitrogens with one attached hydrogen (secondary N) is 2. The smallest absolute Gasteiger partial charge is 0.326 e. The summed E-state index contributed by atoms with van der Waals surface area (Å²) in [5.41, 5.74) is -3.34. The number of nitrogens with zero attached hydrogens (tertiary/aromatic N) is 2. The van der Waals surface area contributed by atoms with E-state index in [9.17, 15) is 26.3 Å². The molecule has 1 aromatic carbocycles. The fourth-order valence-corrected chi connectivity index (χ4v) is 3.20. The highest BCUT2D eigenvalue weighted by Crippen LogP contribution is 2.37. The van der Waals surface area contributed by atoms with Crippen LogP contribution in [0.2, 0.25) is 0 Å². The predicted molar refractivity (Wildman–Crippen MR) is 92.3 cm³/mol. The van der Waals surface area contributed by atoms with E-state index in [0.29, 0.717) is 24.6 Å². The topological polar surface area (TPSA) is 60.2 Å². The highest BCUT2D eigenvalue weighted by molar-refractivity contribution is 5.94. The van der Waals surface area contributed by atoms with Crippen LogP contribution in [0.1, 0.15) is 49.7 Å². The van der Waals surface area contributed by atoms with Gasteiger partial charge < -0.3 is 5.32 Å². The summed E-state index contributed by atoms with van der Waals surface area (Å²) in [6, 6.07) is 1.13. The van der Waals surface area contributed by atoms with Crippen molar-refractivity contribution in [2.75, 3.05) is 11.9 Å². The zero-order valence-electron chi connectivity index (χ0n) is 14.9. The quantitative estimate of drug-likeness (QED) is 0.169. The molecule has 154 valence electrons. The third kappa shape index (κ3) is 6.62. The van der Waals surface area contributed by atoms with Crippen LogP contribution >= 0.6 is 0 Å². The standard InChI is InChI=1S/C18H20F6N4/c19-17(20,21)13-8-14(18(22,23)24)10-15(9-13)28-16(27-11-25)26-7-3-6-12-4-1-2-5-12/h8-10,12H,1-7H2,(H2,26,27,28). The second kappa shape index (κ2) is 9.17. The maximum atomic E-state index is 12.9. The Balaban J connectivity index is 2.13. The Labute approximate surface area is 158 Å². The van der Waals surface area contributed by atoms with Crippen molar-refractivity contribution in [1.82, 2.24) is 5.32 Å². The lowest BCUT2D eigenvalue weighted by Gasteiger charge is -2.15. The molecule has 28 heavy (non-hydrogen) atoms. The number of hydrogen-bond donors (Lipinski definition) is 2. The van der Waals surface area contributed by atoms with Crippen LogP contribution < -0.4 is 10.6 Å². The zero-order valence-corrected chi connectivity index (χ0v) is 14.9. The molecule has 1 aliphatic rings. The van der Waals surface area contributed by atoms with Crippen LogP contribution in [0.15, 0.2) is 23.2 Å². The van der Waals surface area contributed by atoms with Gasteiger partial charge in [-0.3, -0.25) is 10.3 Å². The largest absolute Gasteiger partial charge is 0.416 e. The Morgan fingerprint density at radius 1 is 1.04 bits per heavy atom. The van der Waals surface area contributed by atoms with Crippen LogP contribution in [0.25, 0.3) is 0 Å². The first-order valence-corrected chi connectivity index (χ1v) is 8.85. The van der Waals surface area contributed by atoms with E-state index in [2.05, 4.69) is 15.6 Å². The van der Waals surface area contributed by atoms with Crippen molar-refractivity contribution < 1.29 is 26.3 Å². The van der Waals surface area contributed by atoms with Gasteiger partial charge in [-0.2, -0.15) is 31.6 Å². The number of aliphatic imine (C=N–C) groups is 1. The summed E-state index contributed by atoms with van der Waals surface area (Å²) in [5, 5.41) is 13.3. The number of guanidine groups is 1. The molecule has 0 saturated heterocycles. The second-order valence-corrected chi connectivity index (χ2v) is 6.68. The average Bonchev–Trinajstić information content (AvgIpc) is 3.10. The van der Waals surface area contributed by atoms with Gasteiger partial charge in [0.1, 0.15) is 0 Å². The van der Waals surface area contributed by atoms with Crippen molar-refractivity contribution in [3.8, 4) is 6.19 Å². The molecule has 0 radical (unpaired) electrons. The van der Waals surface area contributed by atoms with E-state index >= 15 is 0 Å². The van der Waals surface area contributed by atoms with Crippen molar-refractivity contribution >= 4 is 11.6 Å². The summed E-state index contributed by atoms with van der Waals surface area (Å²) in [5.74, 6) is 0.440. The van der Waals surface area contributed by atoms with Gasteiger partial charge >= 0.3 is 12.4 Å². The number of halogens is 6. The van der Waals surface area contributed by atoms with Crippen LogP contribution in [0.4, 0.5) is 32.0 Å². The van der Waals surface area contributed by atoms with Gasteiger partial charge in [-0.1, -0.05) is 25.7 Å². The molecule has 0 amide bonds. The van der Waals surface area contributed by atoms with Crippen molar-refractivity contribution in [3.63, 3.8) is 0 Å². The van der Waals surface area contributed by atoms with Gasteiger partial charge in [-0.15, -0.1) is 0 Å². The highest BCUT2D eigenvalue weighted by Gasteiger charge is 2.37. The SMILES string of the molecule is N#CNC(=NCCCC1CCCC1)Nc1cc(C(F)(F)F)cc(C(F)(F)F)c1. The molecule has 0 spiro atoms. The van der Waals surface area contributed by atoms with Crippen LogP contribution in [0, 0.1) is 17.4 Å². The Kier molecular flexibility index (Phi) is 7.16. The molecule has 2 rings (SSSR count). The lowest BCUT2D eigenvalue weighted by molar-refractivity contribution is -0.143. The molecule has 1 saturated carbocycles. The van der Waals surface area contributed by atoms with Gasteiger partial charge in [0.2, 0.25) is 5.96 Å². The van der Waals surface area contributed by atoms with Crippen molar-refractivity contribution in [2.45, 2.75) is 50.9 Å². The van der Waals surface area contributed by atoms with E-state index in [4.69, 9.17) is 5.26 Å². The molecule has 0 atom stereocenters. The molecule has 2 N–H and O–H groups in total. The second-order valence-electron chi connectivity index (χ2n) is 6.68. The fraction of sp³-hybridized carbons (Fsp3) is 0.556. The Morgan fingerprint density at radius 2 is 1.61 bits per heavy atom. The third-order valence-electron chi connectivity index (χ3n) is 4.54. The van der Waals surface area contributed by atoms with Gasteiger partial charge in [-0.25, -0.2) is 0 Å². The van der Waals surface area contributed by atoms with Crippen LogP contribution in [0.5, 0.6) is 0 Å². The van der Waals surface area contributed by atoms with E-state index in [0.717, 1.165) is 25.7 Å². The first kappa shape index (κ1) is 21.9. The molecule has 1 fully saturated rings. The summed E-state index contributed by atoms with van der Waals surface area (Å²) < 4.78 is 77.5. The number of hydrogen-bond acceptors (Lipinski definition) is 2. The van der Waals surface area contributed by atoms with Gasteiger partial charge in [0, 0.05) is 12.2 Å². The Hall–Kier alpha value is -2.44. The molecular weight excluding hydrogens is 386 g/mol. The first-order valence-electron chi connectivity index (χ1n) is 8.85.